The summed E-state index contributed by atoms with van der Waals surface area (Å²) in [6.07, 6.45) is 0. The Balaban J connectivity index is 1.99. The number of nitrogens with zero attached hydrogens (tertiary/aromatic N) is 3. The standard InChI is InChI=1S/C17H14FN3O4/c1-11(22)20-17(2,13-5-9-15(10-6-13)21(23)24)25-16(19-20)12-3-7-14(18)8-4-12/h3-10H,1-2H3. The molecule has 1 aliphatic heterocycles. The number of hydrazone groups is 1. The second-order valence-corrected chi connectivity index (χ2v) is 5.63. The lowest BCUT2D eigenvalue weighted by atomic mass is 10.0. The van der Waals surface area contributed by atoms with E-state index < -0.39 is 16.5 Å². The van der Waals surface area contributed by atoms with E-state index in [1.165, 1.54) is 55.5 Å². The van der Waals surface area contributed by atoms with Crippen molar-refractivity contribution in [1.82, 2.24) is 5.01 Å². The first kappa shape index (κ1) is 16.6. The molecule has 7 nitrogen and oxygen atoms in total. The van der Waals surface area contributed by atoms with Gasteiger partial charge in [0.1, 0.15) is 5.82 Å². The maximum absolute atomic E-state index is 13.1. The van der Waals surface area contributed by atoms with Crippen LogP contribution in [0.2, 0.25) is 0 Å². The van der Waals surface area contributed by atoms with Crippen LogP contribution in [0.5, 0.6) is 0 Å². The molecule has 8 heteroatoms. The van der Waals surface area contributed by atoms with Gasteiger partial charge in [-0.25, -0.2) is 4.39 Å². The second kappa shape index (κ2) is 5.97. The Hall–Kier alpha value is -3.29. The molecule has 1 heterocycles. The maximum Gasteiger partial charge on any atom is 0.269 e. The molecular weight excluding hydrogens is 329 g/mol. The predicted molar refractivity (Wildman–Crippen MR) is 87.0 cm³/mol. The van der Waals surface area contributed by atoms with E-state index in [0.717, 1.165) is 5.01 Å². The third-order valence-electron chi connectivity index (χ3n) is 3.89. The van der Waals surface area contributed by atoms with Gasteiger partial charge in [0.15, 0.2) is 0 Å². The predicted octanol–water partition coefficient (Wildman–Crippen LogP) is 3.15. The van der Waals surface area contributed by atoms with E-state index in [2.05, 4.69) is 5.10 Å². The van der Waals surface area contributed by atoms with Crippen LogP contribution in [0.15, 0.2) is 53.6 Å². The molecule has 1 atom stereocenters. The van der Waals surface area contributed by atoms with Crippen LogP contribution in [0.4, 0.5) is 10.1 Å². The molecule has 2 aromatic carbocycles. The molecule has 25 heavy (non-hydrogen) atoms. The lowest BCUT2D eigenvalue weighted by Crippen LogP contribution is -2.41. The van der Waals surface area contributed by atoms with E-state index in [9.17, 15) is 19.3 Å². The molecule has 0 N–H and O–H groups in total. The number of nitro groups is 1. The van der Waals surface area contributed by atoms with Crippen molar-refractivity contribution in [1.29, 1.82) is 0 Å². The lowest BCUT2D eigenvalue weighted by Gasteiger charge is -2.30. The average Bonchev–Trinajstić information content (AvgIpc) is 2.95. The van der Waals surface area contributed by atoms with Crippen LogP contribution in [0.1, 0.15) is 25.0 Å². The van der Waals surface area contributed by atoms with Gasteiger partial charge in [-0.3, -0.25) is 14.9 Å². The summed E-state index contributed by atoms with van der Waals surface area (Å²) in [4.78, 5) is 22.3. The van der Waals surface area contributed by atoms with Crippen LogP contribution in [-0.4, -0.2) is 21.7 Å². The molecule has 0 saturated carbocycles. The van der Waals surface area contributed by atoms with Crippen molar-refractivity contribution in [3.63, 3.8) is 0 Å². The molecule has 1 amide bonds. The molecule has 0 aliphatic carbocycles. The number of nitro benzene ring substituents is 1. The van der Waals surface area contributed by atoms with Gasteiger partial charge in [0, 0.05) is 37.1 Å². The summed E-state index contributed by atoms with van der Waals surface area (Å²) in [5.74, 6) is -0.599. The number of ether oxygens (including phenoxy) is 1. The fourth-order valence-corrected chi connectivity index (χ4v) is 2.59. The zero-order valence-corrected chi connectivity index (χ0v) is 13.5. The van der Waals surface area contributed by atoms with Crippen LogP contribution in [0.25, 0.3) is 0 Å². The van der Waals surface area contributed by atoms with Crippen molar-refractivity contribution in [2.45, 2.75) is 19.6 Å². The molecule has 2 aromatic rings. The van der Waals surface area contributed by atoms with E-state index in [1.807, 2.05) is 0 Å². The van der Waals surface area contributed by atoms with Gasteiger partial charge in [-0.05, 0) is 36.4 Å². The first-order valence-corrected chi connectivity index (χ1v) is 7.40. The van der Waals surface area contributed by atoms with Crippen LogP contribution >= 0.6 is 0 Å². The molecule has 128 valence electrons. The Bertz CT molecular complexity index is 864. The van der Waals surface area contributed by atoms with Crippen molar-refractivity contribution in [2.75, 3.05) is 0 Å². The second-order valence-electron chi connectivity index (χ2n) is 5.63. The van der Waals surface area contributed by atoms with E-state index in [4.69, 9.17) is 4.74 Å². The highest BCUT2D eigenvalue weighted by Crippen LogP contribution is 2.37. The minimum atomic E-state index is -1.26. The Morgan fingerprint density at radius 3 is 2.32 bits per heavy atom. The Morgan fingerprint density at radius 1 is 1.20 bits per heavy atom. The number of carbonyl (C=O) groups excluding carboxylic acids is 1. The van der Waals surface area contributed by atoms with Crippen molar-refractivity contribution in [3.8, 4) is 0 Å². The normalized spacial score (nSPS) is 19.3. The van der Waals surface area contributed by atoms with Crippen molar-refractivity contribution in [2.24, 2.45) is 5.10 Å². The zero-order valence-electron chi connectivity index (χ0n) is 13.5. The summed E-state index contributed by atoms with van der Waals surface area (Å²) in [6, 6.07) is 11.2. The highest BCUT2D eigenvalue weighted by molar-refractivity contribution is 5.96. The smallest absolute Gasteiger partial charge is 0.269 e. The summed E-state index contributed by atoms with van der Waals surface area (Å²) >= 11 is 0. The van der Waals surface area contributed by atoms with Gasteiger partial charge in [-0.15, -0.1) is 5.10 Å². The van der Waals surface area contributed by atoms with Gasteiger partial charge in [0.2, 0.25) is 17.5 Å². The third-order valence-corrected chi connectivity index (χ3v) is 3.89. The van der Waals surface area contributed by atoms with Crippen molar-refractivity contribution in [3.05, 3.63) is 75.6 Å². The fraction of sp³-hybridized carbons (Fsp3) is 0.176. The minimum Gasteiger partial charge on any atom is -0.443 e. The van der Waals surface area contributed by atoms with Crippen LogP contribution in [0, 0.1) is 15.9 Å². The first-order chi connectivity index (χ1) is 11.8. The van der Waals surface area contributed by atoms with Gasteiger partial charge >= 0.3 is 0 Å². The Kier molecular flexibility index (Phi) is 3.96. The highest BCUT2D eigenvalue weighted by Gasteiger charge is 2.45. The summed E-state index contributed by atoms with van der Waals surface area (Å²) in [6.45, 7) is 2.97. The number of amides is 1. The summed E-state index contributed by atoms with van der Waals surface area (Å²) < 4.78 is 19.0. The molecule has 0 fully saturated rings. The number of halogens is 1. The van der Waals surface area contributed by atoms with Gasteiger partial charge < -0.3 is 4.74 Å². The molecule has 0 saturated heterocycles. The zero-order chi connectivity index (χ0) is 18.2. The van der Waals surface area contributed by atoms with E-state index in [0.29, 0.717) is 11.1 Å². The number of carbonyl (C=O) groups is 1. The van der Waals surface area contributed by atoms with Crippen LogP contribution in [0.3, 0.4) is 0 Å². The summed E-state index contributed by atoms with van der Waals surface area (Å²) in [5.41, 5.74) is -0.295. The van der Waals surface area contributed by atoms with Crippen LogP contribution in [-0.2, 0) is 15.3 Å². The van der Waals surface area contributed by atoms with Crippen LogP contribution < -0.4 is 0 Å². The minimum absolute atomic E-state index is 0.0700. The SMILES string of the molecule is CC(=O)N1N=C(c2ccc(F)cc2)OC1(C)c1ccc([N+](=O)[O-])cc1. The highest BCUT2D eigenvalue weighted by atomic mass is 19.1. The maximum atomic E-state index is 13.1. The topological polar surface area (TPSA) is 85.0 Å². The Morgan fingerprint density at radius 2 is 1.80 bits per heavy atom. The molecule has 0 bridgehead atoms. The first-order valence-electron chi connectivity index (χ1n) is 7.40. The van der Waals surface area contributed by atoms with Gasteiger partial charge in [-0.2, -0.15) is 5.01 Å². The molecule has 0 spiro atoms. The lowest BCUT2D eigenvalue weighted by molar-refractivity contribution is -0.384. The summed E-state index contributed by atoms with van der Waals surface area (Å²) in [7, 11) is 0. The summed E-state index contributed by atoms with van der Waals surface area (Å²) in [5, 5.41) is 16.2. The van der Waals surface area contributed by atoms with E-state index in [1.54, 1.807) is 6.92 Å². The third kappa shape index (κ3) is 2.93. The molecule has 1 aliphatic rings. The van der Waals surface area contributed by atoms with Gasteiger partial charge in [-0.1, -0.05) is 0 Å². The number of benzene rings is 2. The van der Waals surface area contributed by atoms with E-state index in [-0.39, 0.29) is 17.5 Å². The van der Waals surface area contributed by atoms with Crippen molar-refractivity contribution < 1.29 is 18.8 Å². The fourth-order valence-electron chi connectivity index (χ4n) is 2.59. The number of hydrogen-bond donors (Lipinski definition) is 0. The van der Waals surface area contributed by atoms with Gasteiger partial charge in [0.05, 0.1) is 4.92 Å². The molecule has 0 aromatic heterocycles. The quantitative estimate of drug-likeness (QED) is 0.633. The van der Waals surface area contributed by atoms with Gasteiger partial charge in [0.25, 0.3) is 5.69 Å². The molecular formula is C17H14FN3O4. The number of non-ortho nitro benzene ring substituents is 1. The molecule has 1 unspecified atom stereocenters. The van der Waals surface area contributed by atoms with E-state index >= 15 is 0 Å². The largest absolute Gasteiger partial charge is 0.443 e. The molecule has 0 radical (unpaired) electrons. The monoisotopic (exact) mass is 343 g/mol. The Labute approximate surface area is 142 Å². The molecule has 3 rings (SSSR count). The average molecular weight is 343 g/mol. The van der Waals surface area contributed by atoms with Crippen molar-refractivity contribution >= 4 is 17.5 Å². The number of rotatable bonds is 3. The number of hydrogen-bond acceptors (Lipinski definition) is 5.